The molecule has 0 aromatic heterocycles. The number of carbonyl (C=O) groups is 2. The van der Waals surface area contributed by atoms with E-state index in [2.05, 4.69) is 44.6 Å². The fourth-order valence-electron chi connectivity index (χ4n) is 2.65. The molecule has 28 heavy (non-hydrogen) atoms. The fraction of sp³-hybridized carbons (Fsp3) is 0.765. The van der Waals surface area contributed by atoms with Gasteiger partial charge in [0.05, 0.1) is 16.7 Å². The van der Waals surface area contributed by atoms with E-state index in [-0.39, 0.29) is 6.42 Å². The molecule has 2 amide bonds. The van der Waals surface area contributed by atoms with Crippen molar-refractivity contribution in [2.24, 2.45) is 0 Å². The molecule has 164 valence electrons. The molecular weight excluding hydrogens is 427 g/mol. The van der Waals surface area contributed by atoms with Crippen molar-refractivity contribution in [1.29, 1.82) is 0 Å². The van der Waals surface area contributed by atoms with Crippen LogP contribution in [0.25, 0.3) is 0 Å². The quantitative estimate of drug-likeness (QED) is 0.303. The lowest BCUT2D eigenvalue weighted by Gasteiger charge is -2.42. The summed E-state index contributed by atoms with van der Waals surface area (Å²) in [6.07, 6.45) is 1.40. The molecule has 0 aliphatic carbocycles. The normalized spacial score (nSPS) is 14.9. The summed E-state index contributed by atoms with van der Waals surface area (Å²) in [4.78, 5) is 23.8. The van der Waals surface area contributed by atoms with E-state index >= 15 is 0 Å². The van der Waals surface area contributed by atoms with Crippen molar-refractivity contribution in [3.05, 3.63) is 12.2 Å². The Morgan fingerprint density at radius 2 is 1.43 bits per heavy atom. The predicted octanol–water partition coefficient (Wildman–Crippen LogP) is 3.11. The second-order valence-corrected chi connectivity index (χ2v) is 24.7. The number of carbonyl (C=O) groups excluding carboxylic acids is 2. The van der Waals surface area contributed by atoms with Gasteiger partial charge in [0.2, 0.25) is 6.29 Å². The molecule has 1 unspecified atom stereocenters. The summed E-state index contributed by atoms with van der Waals surface area (Å²) in [5.74, 6) is -0.534. The number of allylic oxidation sites excluding steroid dienone is 1. The molecule has 0 saturated heterocycles. The van der Waals surface area contributed by atoms with Crippen molar-refractivity contribution in [2.45, 2.75) is 84.0 Å². The van der Waals surface area contributed by atoms with E-state index in [4.69, 9.17) is 18.0 Å². The predicted molar refractivity (Wildman–Crippen MR) is 124 cm³/mol. The van der Waals surface area contributed by atoms with Crippen LogP contribution in [0, 0.1) is 0 Å². The highest BCUT2D eigenvalue weighted by molar-refractivity contribution is 6.71. The minimum atomic E-state index is -2.04. The van der Waals surface area contributed by atoms with Gasteiger partial charge >= 0.3 is 6.09 Å². The van der Waals surface area contributed by atoms with Crippen LogP contribution >= 0.6 is 0 Å². The van der Waals surface area contributed by atoms with Crippen LogP contribution in [-0.4, -0.2) is 58.9 Å². The lowest BCUT2D eigenvalue weighted by atomic mass is 10.4. The lowest BCUT2D eigenvalue weighted by molar-refractivity contribution is -0.131. The largest absolute Gasteiger partial charge is 0.420 e. The van der Waals surface area contributed by atoms with E-state index in [9.17, 15) is 9.59 Å². The Morgan fingerprint density at radius 1 is 0.964 bits per heavy atom. The van der Waals surface area contributed by atoms with Crippen LogP contribution in [0.4, 0.5) is 4.79 Å². The number of alkyl carbamates (subject to hydrolysis) is 1. The second-order valence-electron chi connectivity index (χ2n) is 9.82. The molecule has 1 N–H and O–H groups in total. The van der Waals surface area contributed by atoms with Gasteiger partial charge in [-0.25, -0.2) is 4.79 Å². The summed E-state index contributed by atoms with van der Waals surface area (Å²) in [7, 11) is -5.30. The molecule has 0 fully saturated rings. The average Bonchev–Trinajstić information content (AvgIpc) is 2.29. The molecule has 0 aliphatic heterocycles. The van der Waals surface area contributed by atoms with Crippen LogP contribution in [0.15, 0.2) is 12.2 Å². The van der Waals surface area contributed by atoms with Crippen molar-refractivity contribution in [3.8, 4) is 0 Å². The number of amides is 2. The molecule has 11 heteroatoms. The zero-order chi connectivity index (χ0) is 22.4. The minimum Gasteiger partial charge on any atom is -0.420 e. The molecule has 7 nitrogen and oxygen atoms in total. The summed E-state index contributed by atoms with van der Waals surface area (Å²) in [5.41, 5.74) is -0.813. The molecule has 1 atom stereocenters. The Labute approximate surface area is 176 Å². The maximum atomic E-state index is 12.2. The molecule has 0 heterocycles. The summed E-state index contributed by atoms with van der Waals surface area (Å²) in [5, 5.41) is 2.17. The van der Waals surface area contributed by atoms with E-state index in [1.165, 1.54) is 6.08 Å². The van der Waals surface area contributed by atoms with Crippen LogP contribution in [0.2, 0.25) is 58.9 Å². The summed E-state index contributed by atoms with van der Waals surface area (Å²) < 4.78 is 24.4. The van der Waals surface area contributed by atoms with Crippen LogP contribution in [0.5, 0.6) is 0 Å². The standard InChI is InChI=1S/C17H39NO6Si4/c1-11-12-14(19)18-16(20)21-15(22-26(2,3)4)13-17(25,23-27(5,6)7)24-28(8,9)10/h11-12,15H,13H2,1-10,25H3,(H,18,19,20). The highest BCUT2D eigenvalue weighted by Crippen LogP contribution is 2.28. The molecule has 0 aromatic rings. The first-order valence-corrected chi connectivity index (χ1v) is 20.8. The van der Waals surface area contributed by atoms with Crippen molar-refractivity contribution >= 4 is 47.2 Å². The molecule has 0 rings (SSSR count). The van der Waals surface area contributed by atoms with E-state index in [1.807, 2.05) is 19.6 Å². The van der Waals surface area contributed by atoms with Gasteiger partial charge in [0.25, 0.3) is 5.91 Å². The number of nitrogens with one attached hydrogen (secondary N) is 1. The Bertz CT molecular complexity index is 547. The van der Waals surface area contributed by atoms with E-state index in [0.717, 1.165) is 0 Å². The molecule has 0 aromatic carbocycles. The molecule has 0 spiro atoms. The van der Waals surface area contributed by atoms with Gasteiger partial charge in [-0.3, -0.25) is 10.1 Å². The second kappa shape index (κ2) is 10.5. The lowest BCUT2D eigenvalue weighted by Crippen LogP contribution is -2.54. The highest BCUT2D eigenvalue weighted by atomic mass is 28.4. The Balaban J connectivity index is 5.53. The van der Waals surface area contributed by atoms with Crippen molar-refractivity contribution in [3.63, 3.8) is 0 Å². The topological polar surface area (TPSA) is 83.1 Å². The zero-order valence-electron chi connectivity index (χ0n) is 19.4. The van der Waals surface area contributed by atoms with Gasteiger partial charge in [0, 0.05) is 0 Å². The molecule has 0 bridgehead atoms. The smallest absolute Gasteiger partial charge is 0.416 e. The first-order valence-electron chi connectivity index (χ1n) is 9.57. The third-order valence-electron chi connectivity index (χ3n) is 2.85. The van der Waals surface area contributed by atoms with E-state index in [1.54, 1.807) is 13.0 Å². The molecular formula is C17H39NO6Si4. The summed E-state index contributed by atoms with van der Waals surface area (Å²) in [6.45, 7) is 20.3. The van der Waals surface area contributed by atoms with Gasteiger partial charge in [-0.1, -0.05) is 6.08 Å². The van der Waals surface area contributed by atoms with E-state index < -0.39 is 48.7 Å². The zero-order valence-corrected chi connectivity index (χ0v) is 24.4. The van der Waals surface area contributed by atoms with Gasteiger partial charge in [-0.2, -0.15) is 0 Å². The Morgan fingerprint density at radius 3 is 1.79 bits per heavy atom. The van der Waals surface area contributed by atoms with Gasteiger partial charge in [0.15, 0.2) is 25.0 Å². The van der Waals surface area contributed by atoms with Gasteiger partial charge in [-0.05, 0) is 71.9 Å². The first kappa shape index (κ1) is 27.4. The van der Waals surface area contributed by atoms with Crippen LogP contribution in [0.3, 0.4) is 0 Å². The average molecular weight is 466 g/mol. The monoisotopic (exact) mass is 465 g/mol. The minimum absolute atomic E-state index is 0.281. The van der Waals surface area contributed by atoms with Crippen molar-refractivity contribution in [1.82, 2.24) is 5.32 Å². The number of imide groups is 1. The maximum absolute atomic E-state index is 12.2. The van der Waals surface area contributed by atoms with Crippen LogP contribution in [0.1, 0.15) is 13.3 Å². The summed E-state index contributed by atoms with van der Waals surface area (Å²) in [6, 6.07) is 0. The first-order chi connectivity index (χ1) is 12.3. The van der Waals surface area contributed by atoms with Gasteiger partial charge in [0.1, 0.15) is 5.41 Å². The number of ether oxygens (including phenoxy) is 1. The molecule has 0 radical (unpaired) electrons. The van der Waals surface area contributed by atoms with Crippen molar-refractivity contribution < 1.29 is 27.6 Å². The summed E-state index contributed by atoms with van der Waals surface area (Å²) >= 11 is 0. The van der Waals surface area contributed by atoms with E-state index in [0.29, 0.717) is 10.2 Å². The SMILES string of the molecule is CC=CC(=O)NC(=O)OC(CC([SiH3])(O[Si](C)(C)C)O[Si](C)(C)C)O[Si](C)(C)C. The third kappa shape index (κ3) is 14.4. The third-order valence-corrected chi connectivity index (χ3v) is 7.54. The highest BCUT2D eigenvalue weighted by Gasteiger charge is 2.40. The van der Waals surface area contributed by atoms with Crippen molar-refractivity contribution in [2.75, 3.05) is 0 Å². The number of hydrogen-bond acceptors (Lipinski definition) is 6. The Kier molecular flexibility index (Phi) is 10.2. The Hall–Kier alpha value is -0.572. The molecule has 0 saturated carbocycles. The van der Waals surface area contributed by atoms with Crippen LogP contribution < -0.4 is 5.32 Å². The van der Waals surface area contributed by atoms with Gasteiger partial charge < -0.3 is 18.0 Å². The fourth-order valence-corrected chi connectivity index (χ4v) is 10.5. The molecule has 0 aliphatic rings. The maximum Gasteiger partial charge on any atom is 0.416 e. The van der Waals surface area contributed by atoms with Crippen LogP contribution in [-0.2, 0) is 22.8 Å². The van der Waals surface area contributed by atoms with Gasteiger partial charge in [-0.15, -0.1) is 0 Å². The number of hydrogen-bond donors (Lipinski definition) is 1. The number of rotatable bonds is 10.